The number of esters is 1. The number of carbonyl (C=O) groups is 2. The van der Waals surface area contributed by atoms with Crippen molar-refractivity contribution in [3.63, 3.8) is 0 Å². The van der Waals surface area contributed by atoms with Gasteiger partial charge in [0.25, 0.3) is 5.91 Å². The second-order valence-electron chi connectivity index (χ2n) is 5.80. The lowest BCUT2D eigenvalue weighted by Crippen LogP contribution is -2.55. The summed E-state index contributed by atoms with van der Waals surface area (Å²) in [7, 11) is 4.48. The Labute approximate surface area is 142 Å². The molecule has 6 heteroatoms. The first-order valence-electron chi connectivity index (χ1n) is 8.21. The van der Waals surface area contributed by atoms with Crippen molar-refractivity contribution < 1.29 is 23.8 Å². The highest BCUT2D eigenvalue weighted by atomic mass is 16.5. The number of rotatable bonds is 7. The normalized spacial score (nSPS) is 16.3. The molecular weight excluding hydrogens is 310 g/mol. The van der Waals surface area contributed by atoms with Crippen molar-refractivity contribution >= 4 is 11.9 Å². The molecule has 1 fully saturated rings. The van der Waals surface area contributed by atoms with E-state index in [1.54, 1.807) is 20.3 Å². The quantitative estimate of drug-likeness (QED) is 0.716. The number of benzene rings is 1. The van der Waals surface area contributed by atoms with Gasteiger partial charge in [-0.25, -0.2) is 4.79 Å². The Morgan fingerprint density at radius 1 is 1.21 bits per heavy atom. The smallest absolute Gasteiger partial charge is 0.328 e. The van der Waals surface area contributed by atoms with E-state index < -0.39 is 6.04 Å². The van der Waals surface area contributed by atoms with Crippen LogP contribution in [0.15, 0.2) is 12.1 Å². The van der Waals surface area contributed by atoms with Crippen LogP contribution >= 0.6 is 0 Å². The van der Waals surface area contributed by atoms with E-state index in [1.165, 1.54) is 12.0 Å². The van der Waals surface area contributed by atoms with Crippen molar-refractivity contribution in [2.45, 2.75) is 38.6 Å². The van der Waals surface area contributed by atoms with E-state index in [2.05, 4.69) is 6.92 Å². The Balaban J connectivity index is 2.32. The molecule has 1 heterocycles. The molecule has 0 aromatic heterocycles. The minimum Gasteiger partial charge on any atom is -0.493 e. The van der Waals surface area contributed by atoms with E-state index in [0.29, 0.717) is 30.0 Å². The summed E-state index contributed by atoms with van der Waals surface area (Å²) in [4.78, 5) is 26.0. The molecule has 0 saturated carbocycles. The van der Waals surface area contributed by atoms with Crippen molar-refractivity contribution in [2.24, 2.45) is 0 Å². The summed E-state index contributed by atoms with van der Waals surface area (Å²) >= 11 is 0. The molecule has 1 aliphatic rings. The highest BCUT2D eigenvalue weighted by molar-refractivity contribution is 5.98. The van der Waals surface area contributed by atoms with Crippen LogP contribution in [-0.2, 0) is 16.0 Å². The van der Waals surface area contributed by atoms with Crippen LogP contribution in [0.4, 0.5) is 0 Å². The zero-order valence-corrected chi connectivity index (χ0v) is 14.8. The van der Waals surface area contributed by atoms with Gasteiger partial charge in [-0.1, -0.05) is 13.3 Å². The maximum absolute atomic E-state index is 12.8. The number of amides is 1. The van der Waals surface area contributed by atoms with E-state index in [-0.39, 0.29) is 11.9 Å². The molecule has 0 spiro atoms. The molecule has 1 unspecified atom stereocenters. The van der Waals surface area contributed by atoms with Crippen LogP contribution in [0.1, 0.15) is 42.1 Å². The van der Waals surface area contributed by atoms with Crippen molar-refractivity contribution in [3.05, 3.63) is 23.3 Å². The number of ether oxygens (including phenoxy) is 3. The lowest BCUT2D eigenvalue weighted by atomic mass is 9.98. The van der Waals surface area contributed by atoms with Gasteiger partial charge in [-0.15, -0.1) is 0 Å². The highest BCUT2D eigenvalue weighted by Crippen LogP contribution is 2.35. The summed E-state index contributed by atoms with van der Waals surface area (Å²) < 4.78 is 15.6. The Morgan fingerprint density at radius 3 is 2.46 bits per heavy atom. The van der Waals surface area contributed by atoms with Gasteiger partial charge < -0.3 is 19.1 Å². The van der Waals surface area contributed by atoms with Gasteiger partial charge in [0.2, 0.25) is 0 Å². The molecule has 132 valence electrons. The predicted molar refractivity (Wildman–Crippen MR) is 89.6 cm³/mol. The predicted octanol–water partition coefficient (Wildman–Crippen LogP) is 2.43. The van der Waals surface area contributed by atoms with E-state index >= 15 is 0 Å². The Bertz CT molecular complexity index is 614. The summed E-state index contributed by atoms with van der Waals surface area (Å²) in [6.45, 7) is 2.66. The molecular formula is C18H25NO5. The fourth-order valence-corrected chi connectivity index (χ4v) is 2.90. The molecule has 0 aliphatic carbocycles. The largest absolute Gasteiger partial charge is 0.493 e. The molecule has 1 aromatic rings. The molecule has 1 aliphatic heterocycles. The Kier molecular flexibility index (Phi) is 6.06. The third-order valence-corrected chi connectivity index (χ3v) is 4.36. The zero-order chi connectivity index (χ0) is 17.7. The van der Waals surface area contributed by atoms with Gasteiger partial charge in [0.15, 0.2) is 11.5 Å². The van der Waals surface area contributed by atoms with Crippen LogP contribution in [0.5, 0.6) is 11.5 Å². The number of methoxy groups -OCH3 is 3. The summed E-state index contributed by atoms with van der Waals surface area (Å²) in [6, 6.07) is 3.02. The lowest BCUT2D eigenvalue weighted by molar-refractivity contribution is -0.149. The van der Waals surface area contributed by atoms with Crippen LogP contribution in [0.3, 0.4) is 0 Å². The number of likely N-dealkylation sites (tertiary alicyclic amines) is 1. The number of hydrogen-bond donors (Lipinski definition) is 0. The number of hydrogen-bond acceptors (Lipinski definition) is 5. The molecule has 0 bridgehead atoms. The Morgan fingerprint density at radius 2 is 1.96 bits per heavy atom. The molecule has 2 rings (SSSR count). The molecule has 1 atom stereocenters. The second-order valence-corrected chi connectivity index (χ2v) is 5.80. The van der Waals surface area contributed by atoms with Gasteiger partial charge in [0.05, 0.1) is 21.3 Å². The van der Waals surface area contributed by atoms with Crippen molar-refractivity contribution in [2.75, 3.05) is 27.9 Å². The molecule has 1 aromatic carbocycles. The number of carbonyl (C=O) groups excluding carboxylic acids is 2. The summed E-state index contributed by atoms with van der Waals surface area (Å²) in [5.41, 5.74) is 1.45. The maximum atomic E-state index is 12.8. The minimum atomic E-state index is -0.491. The van der Waals surface area contributed by atoms with E-state index in [4.69, 9.17) is 14.2 Å². The fourth-order valence-electron chi connectivity index (χ4n) is 2.90. The van der Waals surface area contributed by atoms with Gasteiger partial charge in [0.1, 0.15) is 6.04 Å². The van der Waals surface area contributed by atoms with Crippen LogP contribution < -0.4 is 9.47 Å². The van der Waals surface area contributed by atoms with Crippen LogP contribution in [0.2, 0.25) is 0 Å². The third kappa shape index (κ3) is 3.47. The first-order chi connectivity index (χ1) is 11.6. The zero-order valence-electron chi connectivity index (χ0n) is 14.8. The minimum absolute atomic E-state index is 0.185. The van der Waals surface area contributed by atoms with Crippen LogP contribution in [0.25, 0.3) is 0 Å². The molecule has 1 amide bonds. The number of aryl methyl sites for hydroxylation is 1. The van der Waals surface area contributed by atoms with Gasteiger partial charge in [-0.05, 0) is 37.0 Å². The van der Waals surface area contributed by atoms with E-state index in [1.807, 2.05) is 6.07 Å². The maximum Gasteiger partial charge on any atom is 0.328 e. The van der Waals surface area contributed by atoms with Crippen molar-refractivity contribution in [1.82, 2.24) is 4.90 Å². The van der Waals surface area contributed by atoms with Gasteiger partial charge in [-0.2, -0.15) is 0 Å². The topological polar surface area (TPSA) is 65.1 Å². The average molecular weight is 335 g/mol. The van der Waals surface area contributed by atoms with Crippen molar-refractivity contribution in [1.29, 1.82) is 0 Å². The van der Waals surface area contributed by atoms with Crippen LogP contribution in [-0.4, -0.2) is 50.7 Å². The summed E-state index contributed by atoms with van der Waals surface area (Å²) in [5.74, 6) is 0.636. The van der Waals surface area contributed by atoms with Crippen LogP contribution in [0, 0.1) is 0 Å². The van der Waals surface area contributed by atoms with Crippen molar-refractivity contribution in [3.8, 4) is 11.5 Å². The SMILES string of the molecule is CCCCc1cc(C(=O)N2CCC2C(=O)OC)cc(OC)c1OC. The van der Waals surface area contributed by atoms with Gasteiger partial charge in [-0.3, -0.25) is 4.79 Å². The molecule has 24 heavy (non-hydrogen) atoms. The molecule has 6 nitrogen and oxygen atoms in total. The third-order valence-electron chi connectivity index (χ3n) is 4.36. The molecule has 0 radical (unpaired) electrons. The first-order valence-corrected chi connectivity index (χ1v) is 8.21. The first kappa shape index (κ1) is 18.1. The highest BCUT2D eigenvalue weighted by Gasteiger charge is 2.39. The van der Waals surface area contributed by atoms with Gasteiger partial charge >= 0.3 is 5.97 Å². The second kappa shape index (κ2) is 8.04. The monoisotopic (exact) mass is 335 g/mol. The van der Waals surface area contributed by atoms with E-state index in [9.17, 15) is 9.59 Å². The number of nitrogens with zero attached hydrogens (tertiary/aromatic N) is 1. The Hall–Kier alpha value is -2.24. The molecule has 1 saturated heterocycles. The molecule has 0 N–H and O–H groups in total. The fraction of sp³-hybridized carbons (Fsp3) is 0.556. The standard InChI is InChI=1S/C18H25NO5/c1-5-6-7-12-10-13(11-15(22-2)16(12)23-3)17(20)19-9-8-14(19)18(21)24-4/h10-11,14H,5-9H2,1-4H3. The lowest BCUT2D eigenvalue weighted by Gasteiger charge is -2.38. The average Bonchev–Trinajstić information content (AvgIpc) is 2.57. The van der Waals surface area contributed by atoms with Gasteiger partial charge in [0, 0.05) is 12.1 Å². The van der Waals surface area contributed by atoms with E-state index in [0.717, 1.165) is 24.8 Å². The number of unbranched alkanes of at least 4 members (excludes halogenated alkanes) is 1. The summed E-state index contributed by atoms with van der Waals surface area (Å²) in [6.07, 6.45) is 3.47. The summed E-state index contributed by atoms with van der Waals surface area (Å²) in [5, 5.41) is 0.